The third-order valence-electron chi connectivity index (χ3n) is 2.82. The van der Waals surface area contributed by atoms with Crippen molar-refractivity contribution >= 4 is 55.7 Å². The molecule has 3 rings (SSSR count). The average molecular weight is 407 g/mol. The third-order valence-corrected chi connectivity index (χ3v) is 4.56. The van der Waals surface area contributed by atoms with Crippen LogP contribution >= 0.6 is 38.9 Å². The Bertz CT molecular complexity index is 837. The van der Waals surface area contributed by atoms with E-state index >= 15 is 0 Å². The van der Waals surface area contributed by atoms with Crippen molar-refractivity contribution in [1.82, 2.24) is 4.98 Å². The minimum atomic E-state index is -1.22. The van der Waals surface area contributed by atoms with E-state index < -0.39 is 5.97 Å². The number of thiophene rings is 1. The van der Waals surface area contributed by atoms with E-state index in [0.29, 0.717) is 20.9 Å². The van der Waals surface area contributed by atoms with Crippen molar-refractivity contribution in [3.63, 3.8) is 0 Å². The van der Waals surface area contributed by atoms with Gasteiger partial charge in [-0.2, -0.15) is 0 Å². The number of carboxylic acids is 1. The summed E-state index contributed by atoms with van der Waals surface area (Å²) in [5.41, 5.74) is 1.30. The maximum atomic E-state index is 11.3. The topological polar surface area (TPSA) is 53.0 Å². The molecule has 0 saturated carbocycles. The van der Waals surface area contributed by atoms with Crippen molar-refractivity contribution in [1.29, 1.82) is 0 Å². The molecule has 0 amide bonds. The van der Waals surface area contributed by atoms with Gasteiger partial charge in [0.1, 0.15) is 0 Å². The summed E-state index contributed by atoms with van der Waals surface area (Å²) in [6.45, 7) is 0. The average Bonchev–Trinajstić information content (AvgIpc) is 2.83. The molecule has 3 aromatic rings. The zero-order valence-corrected chi connectivity index (χ0v) is 17.2. The summed E-state index contributed by atoms with van der Waals surface area (Å²) in [7, 11) is 0. The van der Waals surface area contributed by atoms with Crippen LogP contribution in [0, 0.1) is 0 Å². The molecule has 21 heavy (non-hydrogen) atoms. The fourth-order valence-electron chi connectivity index (χ4n) is 1.95. The van der Waals surface area contributed by atoms with Crippen molar-refractivity contribution in [2.75, 3.05) is 0 Å². The van der Waals surface area contributed by atoms with Gasteiger partial charge in [-0.3, -0.25) is 0 Å². The molecular formula is C14H6BrClKNO2S. The first-order chi connectivity index (χ1) is 9.54. The Hall–Kier alpha value is 0.206. The van der Waals surface area contributed by atoms with Gasteiger partial charge in [-0.1, -0.05) is 33.6 Å². The van der Waals surface area contributed by atoms with E-state index in [0.717, 1.165) is 9.35 Å². The van der Waals surface area contributed by atoms with E-state index in [-0.39, 0.29) is 56.9 Å². The van der Waals surface area contributed by atoms with Gasteiger partial charge in [-0.15, -0.1) is 11.3 Å². The standard InChI is InChI=1S/C14H7BrClNO2S.K/c15-7-1-2-8-9(14(18)19)6-11(17-10(8)5-7)12-3-4-13(16)20-12;/h1-6H,(H,18,19);/q;+1/p-1. The summed E-state index contributed by atoms with van der Waals surface area (Å²) < 4.78 is 1.47. The molecule has 0 atom stereocenters. The van der Waals surface area contributed by atoms with Gasteiger partial charge >= 0.3 is 51.4 Å². The number of aromatic nitrogens is 1. The van der Waals surface area contributed by atoms with Crippen LogP contribution in [0.2, 0.25) is 4.34 Å². The zero-order chi connectivity index (χ0) is 14.3. The van der Waals surface area contributed by atoms with Crippen molar-refractivity contribution in [3.05, 3.63) is 50.8 Å². The summed E-state index contributed by atoms with van der Waals surface area (Å²) in [5, 5.41) is 11.9. The quantitative estimate of drug-likeness (QED) is 0.590. The number of fused-ring (bicyclic) bond motifs is 1. The number of carbonyl (C=O) groups is 1. The summed E-state index contributed by atoms with van der Waals surface area (Å²) >= 11 is 10.6. The number of carbonyl (C=O) groups excluding carboxylic acids is 1. The van der Waals surface area contributed by atoms with Gasteiger partial charge in [0.2, 0.25) is 0 Å². The number of benzene rings is 1. The fourth-order valence-corrected chi connectivity index (χ4v) is 3.30. The molecule has 0 aliphatic rings. The Morgan fingerprint density at radius 2 is 2.00 bits per heavy atom. The van der Waals surface area contributed by atoms with Gasteiger partial charge < -0.3 is 9.90 Å². The molecule has 100 valence electrons. The summed E-state index contributed by atoms with van der Waals surface area (Å²) in [6, 6.07) is 10.4. The van der Waals surface area contributed by atoms with Crippen LogP contribution in [-0.2, 0) is 0 Å². The molecule has 0 aliphatic carbocycles. The van der Waals surface area contributed by atoms with Gasteiger partial charge in [-0.05, 0) is 30.3 Å². The Morgan fingerprint density at radius 1 is 1.24 bits per heavy atom. The summed E-state index contributed by atoms with van der Waals surface area (Å²) in [5.74, 6) is -1.22. The second-order valence-corrected chi connectivity index (χ2v) is 6.74. The van der Waals surface area contributed by atoms with Crippen LogP contribution in [-0.4, -0.2) is 11.0 Å². The van der Waals surface area contributed by atoms with Crippen LogP contribution < -0.4 is 56.5 Å². The van der Waals surface area contributed by atoms with Crippen LogP contribution in [0.1, 0.15) is 10.4 Å². The van der Waals surface area contributed by atoms with Gasteiger partial charge in [0.25, 0.3) is 0 Å². The molecule has 0 fully saturated rings. The maximum absolute atomic E-state index is 11.3. The maximum Gasteiger partial charge on any atom is 1.00 e. The predicted octanol–water partition coefficient (Wildman–Crippen LogP) is 0.747. The number of pyridine rings is 1. The molecule has 3 nitrogen and oxygen atoms in total. The summed E-state index contributed by atoms with van der Waals surface area (Å²) in [4.78, 5) is 16.6. The van der Waals surface area contributed by atoms with E-state index in [1.165, 1.54) is 17.4 Å². The van der Waals surface area contributed by atoms with Crippen LogP contribution in [0.3, 0.4) is 0 Å². The van der Waals surface area contributed by atoms with Gasteiger partial charge in [0.15, 0.2) is 0 Å². The molecular weight excluding hydrogens is 401 g/mol. The van der Waals surface area contributed by atoms with E-state index in [2.05, 4.69) is 20.9 Å². The molecule has 0 saturated heterocycles. The normalized spacial score (nSPS) is 10.4. The van der Waals surface area contributed by atoms with Gasteiger partial charge in [0, 0.05) is 15.4 Å². The Balaban J connectivity index is 0.00000161. The largest absolute Gasteiger partial charge is 1.00 e. The number of hydrogen-bond acceptors (Lipinski definition) is 4. The van der Waals surface area contributed by atoms with Crippen LogP contribution in [0.4, 0.5) is 0 Å². The number of carboxylic acid groups (broad SMARTS) is 1. The molecule has 2 aromatic heterocycles. The number of hydrogen-bond donors (Lipinski definition) is 0. The van der Waals surface area contributed by atoms with Crippen molar-refractivity contribution in [2.24, 2.45) is 0 Å². The Morgan fingerprint density at radius 3 is 2.62 bits per heavy atom. The van der Waals surface area contributed by atoms with Crippen LogP contribution in [0.5, 0.6) is 0 Å². The van der Waals surface area contributed by atoms with E-state index in [1.807, 2.05) is 6.07 Å². The molecule has 0 unspecified atom stereocenters. The Kier molecular flexibility index (Phi) is 6.01. The first-order valence-corrected chi connectivity index (χ1v) is 7.61. The molecule has 2 heterocycles. The Labute approximate surface area is 180 Å². The summed E-state index contributed by atoms with van der Waals surface area (Å²) in [6.07, 6.45) is 0. The predicted molar refractivity (Wildman–Crippen MR) is 82.1 cm³/mol. The SMILES string of the molecule is O=C([O-])c1cc(-c2ccc(Cl)s2)nc2cc(Br)ccc12.[K+]. The zero-order valence-electron chi connectivity index (χ0n) is 10.9. The van der Waals surface area contributed by atoms with Crippen molar-refractivity contribution < 1.29 is 61.3 Å². The third kappa shape index (κ3) is 3.76. The van der Waals surface area contributed by atoms with Gasteiger partial charge in [-0.25, -0.2) is 4.98 Å². The number of nitrogens with zero attached hydrogens (tertiary/aromatic N) is 1. The minimum absolute atomic E-state index is 0. The smallest absolute Gasteiger partial charge is 0.545 e. The molecule has 0 bridgehead atoms. The molecule has 0 radical (unpaired) electrons. The number of aromatic carboxylic acids is 1. The first-order valence-electron chi connectivity index (χ1n) is 5.62. The van der Waals surface area contributed by atoms with E-state index in [1.54, 1.807) is 24.3 Å². The van der Waals surface area contributed by atoms with E-state index in [4.69, 9.17) is 11.6 Å². The molecule has 0 spiro atoms. The number of halogens is 2. The molecule has 1 aromatic carbocycles. The minimum Gasteiger partial charge on any atom is -0.545 e. The fraction of sp³-hybridized carbons (Fsp3) is 0. The van der Waals surface area contributed by atoms with Crippen LogP contribution in [0.15, 0.2) is 40.9 Å². The second-order valence-electron chi connectivity index (χ2n) is 4.11. The van der Waals surface area contributed by atoms with Gasteiger partial charge in [0.05, 0.1) is 26.4 Å². The monoisotopic (exact) mass is 405 g/mol. The molecule has 7 heteroatoms. The first kappa shape index (κ1) is 17.6. The number of rotatable bonds is 2. The van der Waals surface area contributed by atoms with E-state index in [9.17, 15) is 9.90 Å². The van der Waals surface area contributed by atoms with Crippen molar-refractivity contribution in [2.45, 2.75) is 0 Å². The van der Waals surface area contributed by atoms with Crippen LogP contribution in [0.25, 0.3) is 21.5 Å². The second kappa shape index (κ2) is 7.19. The molecule has 0 aliphatic heterocycles. The molecule has 0 N–H and O–H groups in total. The van der Waals surface area contributed by atoms with Crippen molar-refractivity contribution in [3.8, 4) is 10.6 Å².